The highest BCUT2D eigenvalue weighted by Crippen LogP contribution is 2.44. The Morgan fingerprint density at radius 3 is 1.38 bits per heavy atom. The molecule has 0 atom stereocenters. The van der Waals surface area contributed by atoms with E-state index < -0.39 is 23.0 Å². The standard InChI is InChI=1S/C27H31N3O4.C24H24N2O4/c1-30(16-17-31)26(33)23-24(34-19-20-10-4-2-5-11-20)25(32)29-22(28-23)18-27(14-8-9-15-27)21-12-6-3-7-13-21;27-22-21(30-16-17-9-3-1-4-10-17)20(23(28)29)25-19(26-22)15-24(13-7-8-14-24)18-11-5-2-6-12-18/h2-7,10-13,31H,8-9,14-19H2,1H3,(H,28,29,32);1-6,9-12H,7-8,13-16H2,(H,28,29)(H,25,26,27). The molecule has 13 heteroatoms. The van der Waals surface area contributed by atoms with Gasteiger partial charge in [-0.3, -0.25) is 14.4 Å². The van der Waals surface area contributed by atoms with E-state index in [0.717, 1.165) is 62.5 Å². The average molecular weight is 866 g/mol. The largest absolute Gasteiger partial charge is 0.481 e. The van der Waals surface area contributed by atoms with Gasteiger partial charge in [-0.2, -0.15) is 0 Å². The Balaban J connectivity index is 0.000000193. The lowest BCUT2D eigenvalue weighted by molar-refractivity contribution is 0.0682. The second-order valence-corrected chi connectivity index (χ2v) is 16.7. The fourth-order valence-corrected chi connectivity index (χ4v) is 9.10. The van der Waals surface area contributed by atoms with Crippen molar-refractivity contribution in [1.29, 1.82) is 0 Å². The number of hydrogen-bond acceptors (Lipinski definition) is 9. The first kappa shape index (κ1) is 45.2. The highest BCUT2D eigenvalue weighted by Gasteiger charge is 2.38. The van der Waals surface area contributed by atoms with Crippen molar-refractivity contribution < 1.29 is 29.3 Å². The Bertz CT molecular complexity index is 2590. The molecule has 64 heavy (non-hydrogen) atoms. The van der Waals surface area contributed by atoms with Gasteiger partial charge in [-0.25, -0.2) is 14.8 Å². The number of H-pyrrole nitrogens is 2. The van der Waals surface area contributed by atoms with Crippen LogP contribution in [-0.4, -0.2) is 67.1 Å². The molecule has 0 bridgehead atoms. The normalized spacial score (nSPS) is 14.8. The smallest absolute Gasteiger partial charge is 0.358 e. The monoisotopic (exact) mass is 865 g/mol. The summed E-state index contributed by atoms with van der Waals surface area (Å²) in [6.07, 6.45) is 9.42. The van der Waals surface area contributed by atoms with Gasteiger partial charge in [0.2, 0.25) is 11.5 Å². The number of aliphatic hydroxyl groups excluding tert-OH is 1. The molecule has 4 aromatic carbocycles. The first-order chi connectivity index (χ1) is 31.1. The number of hydrogen-bond donors (Lipinski definition) is 4. The second-order valence-electron chi connectivity index (χ2n) is 16.7. The van der Waals surface area contributed by atoms with Crippen LogP contribution in [0.4, 0.5) is 0 Å². The van der Waals surface area contributed by atoms with E-state index in [0.29, 0.717) is 24.5 Å². The summed E-state index contributed by atoms with van der Waals surface area (Å²) in [4.78, 5) is 66.8. The maximum absolute atomic E-state index is 13.2. The molecular formula is C51H55N5O8. The van der Waals surface area contributed by atoms with Crippen LogP contribution in [0.3, 0.4) is 0 Å². The van der Waals surface area contributed by atoms with E-state index in [1.807, 2.05) is 97.1 Å². The fourth-order valence-electron chi connectivity index (χ4n) is 9.10. The highest BCUT2D eigenvalue weighted by molar-refractivity contribution is 5.94. The van der Waals surface area contributed by atoms with Crippen LogP contribution in [0.5, 0.6) is 11.5 Å². The van der Waals surface area contributed by atoms with Crippen LogP contribution in [0, 0.1) is 0 Å². The number of nitrogens with one attached hydrogen (secondary N) is 2. The van der Waals surface area contributed by atoms with Crippen molar-refractivity contribution in [1.82, 2.24) is 24.8 Å². The number of carboxylic acid groups (broad SMARTS) is 1. The molecule has 2 saturated carbocycles. The number of ether oxygens (including phenoxy) is 2. The van der Waals surface area contributed by atoms with Crippen molar-refractivity contribution in [2.24, 2.45) is 0 Å². The Hall–Kier alpha value is -6.86. The molecule has 13 nitrogen and oxygen atoms in total. The van der Waals surface area contributed by atoms with E-state index in [1.54, 1.807) is 7.05 Å². The molecule has 0 saturated heterocycles. The molecule has 4 N–H and O–H groups in total. The first-order valence-corrected chi connectivity index (χ1v) is 21.9. The number of nitrogens with zero attached hydrogens (tertiary/aromatic N) is 3. The lowest BCUT2D eigenvalue weighted by Gasteiger charge is -2.29. The number of carbonyl (C=O) groups excluding carboxylic acids is 1. The zero-order valence-corrected chi connectivity index (χ0v) is 36.1. The highest BCUT2D eigenvalue weighted by atomic mass is 16.5. The van der Waals surface area contributed by atoms with Gasteiger partial charge >= 0.3 is 5.97 Å². The summed E-state index contributed by atoms with van der Waals surface area (Å²) in [5, 5.41) is 19.0. The second kappa shape index (κ2) is 21.0. The van der Waals surface area contributed by atoms with Crippen molar-refractivity contribution in [2.45, 2.75) is 88.3 Å². The summed E-state index contributed by atoms with van der Waals surface area (Å²) in [5.41, 5.74) is 2.49. The molecule has 0 radical (unpaired) electrons. The van der Waals surface area contributed by atoms with Crippen LogP contribution < -0.4 is 20.6 Å². The van der Waals surface area contributed by atoms with E-state index in [2.05, 4.69) is 44.2 Å². The zero-order chi connectivity index (χ0) is 44.9. The van der Waals surface area contributed by atoms with E-state index >= 15 is 0 Å². The Labute approximate surface area is 372 Å². The molecule has 2 aliphatic rings. The van der Waals surface area contributed by atoms with Crippen molar-refractivity contribution >= 4 is 11.9 Å². The van der Waals surface area contributed by atoms with E-state index in [9.17, 15) is 29.4 Å². The molecule has 2 heterocycles. The third-order valence-corrected chi connectivity index (χ3v) is 12.4. The number of likely N-dealkylation sites (N-methyl/N-ethyl adjacent to an activating group) is 1. The number of rotatable bonds is 16. The molecule has 0 spiro atoms. The van der Waals surface area contributed by atoms with Crippen molar-refractivity contribution in [2.75, 3.05) is 20.2 Å². The molecule has 2 aliphatic carbocycles. The van der Waals surface area contributed by atoms with Crippen LogP contribution in [0.1, 0.15) is 106 Å². The summed E-state index contributed by atoms with van der Waals surface area (Å²) in [6.45, 7) is 0.187. The predicted molar refractivity (Wildman–Crippen MR) is 243 cm³/mol. The zero-order valence-electron chi connectivity index (χ0n) is 36.1. The van der Waals surface area contributed by atoms with E-state index in [1.165, 1.54) is 16.0 Å². The Kier molecular flexibility index (Phi) is 14.8. The maximum atomic E-state index is 13.2. The number of benzene rings is 4. The van der Waals surface area contributed by atoms with Crippen LogP contribution in [0.15, 0.2) is 131 Å². The van der Waals surface area contributed by atoms with Crippen molar-refractivity contribution in [3.63, 3.8) is 0 Å². The molecule has 1 amide bonds. The summed E-state index contributed by atoms with van der Waals surface area (Å²) < 4.78 is 11.4. The SMILES string of the molecule is CN(CCO)C(=O)c1nc(CC2(c3ccccc3)CCCC2)[nH]c(=O)c1OCc1ccccc1.O=C(O)c1nc(CC2(c3ccccc3)CCCC2)[nH]c(=O)c1OCc1ccccc1. The molecule has 2 fully saturated rings. The van der Waals surface area contributed by atoms with Gasteiger partial charge in [-0.15, -0.1) is 0 Å². The first-order valence-electron chi connectivity index (χ1n) is 21.9. The summed E-state index contributed by atoms with van der Waals surface area (Å²) in [5.74, 6) is -1.22. The molecule has 0 aliphatic heterocycles. The van der Waals surface area contributed by atoms with E-state index in [-0.39, 0.29) is 60.1 Å². The number of aromatic carboxylic acids is 1. The van der Waals surface area contributed by atoms with Crippen molar-refractivity contribution in [3.8, 4) is 11.5 Å². The number of aliphatic hydroxyl groups is 1. The Morgan fingerprint density at radius 2 is 0.984 bits per heavy atom. The molecular weight excluding hydrogens is 811 g/mol. The molecule has 332 valence electrons. The maximum Gasteiger partial charge on any atom is 0.358 e. The minimum absolute atomic E-state index is 0.0214. The lowest BCUT2D eigenvalue weighted by atomic mass is 9.76. The van der Waals surface area contributed by atoms with Gasteiger partial charge in [0.1, 0.15) is 24.9 Å². The fraction of sp³-hybridized carbons (Fsp3) is 0.333. The summed E-state index contributed by atoms with van der Waals surface area (Å²) in [7, 11) is 1.57. The van der Waals surface area contributed by atoms with Crippen LogP contribution in [-0.2, 0) is 36.9 Å². The van der Waals surface area contributed by atoms with Gasteiger partial charge in [0, 0.05) is 37.3 Å². The molecule has 8 rings (SSSR count). The summed E-state index contributed by atoms with van der Waals surface area (Å²) in [6, 6.07) is 39.2. The number of aromatic amines is 2. The quantitative estimate of drug-likeness (QED) is 0.0756. The minimum atomic E-state index is -1.27. The van der Waals surface area contributed by atoms with E-state index in [4.69, 9.17) is 9.47 Å². The van der Waals surface area contributed by atoms with Crippen LogP contribution in [0.2, 0.25) is 0 Å². The number of amides is 1. The Morgan fingerprint density at radius 1 is 0.609 bits per heavy atom. The van der Waals surface area contributed by atoms with Crippen molar-refractivity contribution in [3.05, 3.63) is 187 Å². The number of carbonyl (C=O) groups is 2. The third-order valence-electron chi connectivity index (χ3n) is 12.4. The van der Waals surface area contributed by atoms with Gasteiger partial charge in [0.15, 0.2) is 11.4 Å². The lowest BCUT2D eigenvalue weighted by Crippen LogP contribution is -2.34. The van der Waals surface area contributed by atoms with Gasteiger partial charge in [0.25, 0.3) is 17.0 Å². The predicted octanol–water partition coefficient (Wildman–Crippen LogP) is 7.57. The number of carboxylic acids is 1. The molecule has 0 unspecified atom stereocenters. The average Bonchev–Trinajstić information content (AvgIpc) is 4.01. The number of aromatic nitrogens is 4. The van der Waals surface area contributed by atoms with Gasteiger partial charge < -0.3 is 34.6 Å². The summed E-state index contributed by atoms with van der Waals surface area (Å²) >= 11 is 0. The molecule has 6 aromatic rings. The van der Waals surface area contributed by atoms with Gasteiger partial charge in [0.05, 0.1) is 6.61 Å². The van der Waals surface area contributed by atoms with Gasteiger partial charge in [-0.05, 0) is 47.9 Å². The molecule has 2 aromatic heterocycles. The van der Waals surface area contributed by atoms with Crippen LogP contribution in [0.25, 0.3) is 0 Å². The van der Waals surface area contributed by atoms with Crippen LogP contribution >= 0.6 is 0 Å². The topological polar surface area (TPSA) is 188 Å². The third kappa shape index (κ3) is 10.8. The van der Waals surface area contributed by atoms with Gasteiger partial charge in [-0.1, -0.05) is 147 Å². The minimum Gasteiger partial charge on any atom is -0.481 e.